The Morgan fingerprint density at radius 1 is 1.75 bits per heavy atom. The molecular weight excluding hydrogens is 154 g/mol. The summed E-state index contributed by atoms with van der Waals surface area (Å²) in [5, 5.41) is 8.21. The first-order valence-corrected chi connectivity index (χ1v) is 3.41. The van der Waals surface area contributed by atoms with E-state index < -0.39 is 0 Å². The Kier molecular flexibility index (Phi) is 2.79. The van der Waals surface area contributed by atoms with E-state index in [1.807, 2.05) is 6.07 Å². The van der Waals surface area contributed by atoms with Gasteiger partial charge in [-0.3, -0.25) is 4.79 Å². The second kappa shape index (κ2) is 4.09. The average molecular weight is 161 g/mol. The van der Waals surface area contributed by atoms with E-state index in [1.54, 1.807) is 12.2 Å². The first kappa shape index (κ1) is 8.21. The van der Waals surface area contributed by atoms with Crippen molar-refractivity contribution in [1.29, 1.82) is 5.26 Å². The number of rotatable bonds is 2. The number of aromatic nitrogens is 2. The van der Waals surface area contributed by atoms with E-state index in [9.17, 15) is 4.79 Å². The highest BCUT2D eigenvalue weighted by molar-refractivity contribution is 5.42. The van der Waals surface area contributed by atoms with E-state index >= 15 is 0 Å². The van der Waals surface area contributed by atoms with Gasteiger partial charge in [0, 0.05) is 6.20 Å². The van der Waals surface area contributed by atoms with Crippen LogP contribution in [0.4, 0.5) is 0 Å². The van der Waals surface area contributed by atoms with Crippen molar-refractivity contribution in [3.05, 3.63) is 34.5 Å². The predicted octanol–water partition coefficient (Wildman–Crippen LogP) is 0.697. The molecule has 1 aromatic heterocycles. The molecule has 12 heavy (non-hydrogen) atoms. The molecule has 1 heterocycles. The maximum absolute atomic E-state index is 10.6. The standard InChI is InChI=1S/C8H7N3O/c9-4-2-1-3-7-5-11-8(12)6-10-7/h1,3,5-6H,2H2,(H,11,12). The largest absolute Gasteiger partial charge is 0.326 e. The van der Waals surface area contributed by atoms with Gasteiger partial charge in [0.2, 0.25) is 0 Å². The van der Waals surface area contributed by atoms with Crippen LogP contribution in [0.2, 0.25) is 0 Å². The fraction of sp³-hybridized carbons (Fsp3) is 0.125. The number of hydrogen-bond acceptors (Lipinski definition) is 3. The fourth-order valence-electron chi connectivity index (χ4n) is 0.676. The molecule has 1 N–H and O–H groups in total. The predicted molar refractivity (Wildman–Crippen MR) is 44.1 cm³/mol. The summed E-state index contributed by atoms with van der Waals surface area (Å²) in [6.45, 7) is 0. The molecular formula is C8H7N3O. The van der Waals surface area contributed by atoms with E-state index in [1.165, 1.54) is 12.4 Å². The van der Waals surface area contributed by atoms with Crippen LogP contribution in [0, 0.1) is 11.3 Å². The minimum atomic E-state index is -0.229. The third-order valence-corrected chi connectivity index (χ3v) is 1.19. The minimum Gasteiger partial charge on any atom is -0.326 e. The van der Waals surface area contributed by atoms with E-state index in [0.717, 1.165) is 0 Å². The number of hydrogen-bond donors (Lipinski definition) is 1. The van der Waals surface area contributed by atoms with Gasteiger partial charge >= 0.3 is 0 Å². The summed E-state index contributed by atoms with van der Waals surface area (Å²) in [6, 6.07) is 1.96. The van der Waals surface area contributed by atoms with Crippen LogP contribution in [0.5, 0.6) is 0 Å². The lowest BCUT2D eigenvalue weighted by atomic mass is 10.3. The van der Waals surface area contributed by atoms with Crippen LogP contribution in [0.25, 0.3) is 6.08 Å². The van der Waals surface area contributed by atoms with Crippen LogP contribution >= 0.6 is 0 Å². The van der Waals surface area contributed by atoms with E-state index in [0.29, 0.717) is 12.1 Å². The normalized spacial score (nSPS) is 9.92. The molecule has 0 spiro atoms. The number of allylic oxidation sites excluding steroid dienone is 1. The lowest BCUT2D eigenvalue weighted by Gasteiger charge is -1.87. The molecule has 0 amide bonds. The van der Waals surface area contributed by atoms with Crippen LogP contribution in [0.15, 0.2) is 23.3 Å². The Morgan fingerprint density at radius 2 is 2.58 bits per heavy atom. The quantitative estimate of drug-likeness (QED) is 0.693. The van der Waals surface area contributed by atoms with Crippen LogP contribution in [0.3, 0.4) is 0 Å². The number of H-pyrrole nitrogens is 1. The van der Waals surface area contributed by atoms with Gasteiger partial charge in [-0.25, -0.2) is 4.98 Å². The lowest BCUT2D eigenvalue weighted by Crippen LogP contribution is -2.04. The summed E-state index contributed by atoms with van der Waals surface area (Å²) >= 11 is 0. The number of nitriles is 1. The zero-order valence-corrected chi connectivity index (χ0v) is 6.32. The zero-order valence-electron chi connectivity index (χ0n) is 6.32. The first-order chi connectivity index (χ1) is 5.83. The molecule has 0 bridgehead atoms. The Morgan fingerprint density at radius 3 is 3.17 bits per heavy atom. The van der Waals surface area contributed by atoms with Crippen molar-refractivity contribution in [3.8, 4) is 6.07 Å². The smallest absolute Gasteiger partial charge is 0.266 e. The van der Waals surface area contributed by atoms with Crippen molar-refractivity contribution in [2.45, 2.75) is 6.42 Å². The monoisotopic (exact) mass is 161 g/mol. The molecule has 1 rings (SSSR count). The minimum absolute atomic E-state index is 0.229. The molecule has 0 aromatic carbocycles. The van der Waals surface area contributed by atoms with Gasteiger partial charge < -0.3 is 4.98 Å². The highest BCUT2D eigenvalue weighted by atomic mass is 16.1. The molecule has 0 atom stereocenters. The van der Waals surface area contributed by atoms with E-state index in [2.05, 4.69) is 9.97 Å². The molecule has 0 aliphatic rings. The Labute approximate surface area is 69.2 Å². The van der Waals surface area contributed by atoms with Crippen molar-refractivity contribution in [2.75, 3.05) is 0 Å². The molecule has 0 saturated carbocycles. The van der Waals surface area contributed by atoms with Crippen molar-refractivity contribution in [1.82, 2.24) is 9.97 Å². The number of aromatic amines is 1. The molecule has 4 nitrogen and oxygen atoms in total. The van der Waals surface area contributed by atoms with Gasteiger partial charge in [0.25, 0.3) is 5.56 Å². The van der Waals surface area contributed by atoms with Gasteiger partial charge in [-0.05, 0) is 6.08 Å². The summed E-state index contributed by atoms with van der Waals surface area (Å²) in [7, 11) is 0. The van der Waals surface area contributed by atoms with Gasteiger partial charge in [0.05, 0.1) is 24.4 Å². The summed E-state index contributed by atoms with van der Waals surface area (Å²) in [4.78, 5) is 16.8. The lowest BCUT2D eigenvalue weighted by molar-refractivity contribution is 1.12. The summed E-state index contributed by atoms with van der Waals surface area (Å²) in [5.41, 5.74) is 0.414. The molecule has 0 aliphatic heterocycles. The van der Waals surface area contributed by atoms with E-state index in [-0.39, 0.29) is 5.56 Å². The van der Waals surface area contributed by atoms with Gasteiger partial charge in [0.15, 0.2) is 0 Å². The van der Waals surface area contributed by atoms with Crippen molar-refractivity contribution in [3.63, 3.8) is 0 Å². The van der Waals surface area contributed by atoms with Crippen molar-refractivity contribution >= 4 is 6.08 Å². The second-order valence-electron chi connectivity index (χ2n) is 2.10. The van der Waals surface area contributed by atoms with Crippen molar-refractivity contribution < 1.29 is 0 Å². The van der Waals surface area contributed by atoms with Crippen LogP contribution in [0.1, 0.15) is 12.1 Å². The zero-order chi connectivity index (χ0) is 8.81. The van der Waals surface area contributed by atoms with E-state index in [4.69, 9.17) is 5.26 Å². The summed E-state index contributed by atoms with van der Waals surface area (Å²) < 4.78 is 0. The Balaban J connectivity index is 2.72. The molecule has 60 valence electrons. The van der Waals surface area contributed by atoms with Gasteiger partial charge in [0.1, 0.15) is 0 Å². The molecule has 0 saturated heterocycles. The topological polar surface area (TPSA) is 69.5 Å². The SMILES string of the molecule is N#CCC=Cc1c[nH]c(=O)cn1. The number of nitrogens with one attached hydrogen (secondary N) is 1. The van der Waals surface area contributed by atoms with Gasteiger partial charge in [-0.2, -0.15) is 5.26 Å². The third kappa shape index (κ3) is 2.39. The molecule has 4 heteroatoms. The fourth-order valence-corrected chi connectivity index (χ4v) is 0.676. The number of nitrogens with zero attached hydrogens (tertiary/aromatic N) is 2. The highest BCUT2D eigenvalue weighted by Gasteiger charge is 1.85. The second-order valence-corrected chi connectivity index (χ2v) is 2.10. The molecule has 1 aromatic rings. The Hall–Kier alpha value is -1.89. The summed E-state index contributed by atoms with van der Waals surface area (Å²) in [5.74, 6) is 0. The highest BCUT2D eigenvalue weighted by Crippen LogP contribution is 1.92. The van der Waals surface area contributed by atoms with Crippen LogP contribution < -0.4 is 5.56 Å². The molecule has 0 radical (unpaired) electrons. The maximum atomic E-state index is 10.6. The van der Waals surface area contributed by atoms with Crippen LogP contribution in [-0.4, -0.2) is 9.97 Å². The van der Waals surface area contributed by atoms with Gasteiger partial charge in [-0.1, -0.05) is 6.08 Å². The molecule has 0 unspecified atom stereocenters. The molecule has 0 fully saturated rings. The summed E-state index contributed by atoms with van der Waals surface area (Å²) in [6.07, 6.45) is 6.41. The maximum Gasteiger partial charge on any atom is 0.266 e. The average Bonchev–Trinajstić information content (AvgIpc) is 2.09. The van der Waals surface area contributed by atoms with Crippen LogP contribution in [-0.2, 0) is 0 Å². The first-order valence-electron chi connectivity index (χ1n) is 3.41. The van der Waals surface area contributed by atoms with Crippen molar-refractivity contribution in [2.24, 2.45) is 0 Å². The third-order valence-electron chi connectivity index (χ3n) is 1.19. The Bertz CT molecular complexity index is 352. The molecule has 0 aliphatic carbocycles. The van der Waals surface area contributed by atoms with Gasteiger partial charge in [-0.15, -0.1) is 0 Å².